The Morgan fingerprint density at radius 3 is 1.27 bits per heavy atom. The summed E-state index contributed by atoms with van der Waals surface area (Å²) in [6, 6.07) is 41.4. The molecule has 45 heavy (non-hydrogen) atoms. The maximum absolute atomic E-state index is 2.51. The predicted octanol–water partition coefficient (Wildman–Crippen LogP) is 9.66. The van der Waals surface area contributed by atoms with Gasteiger partial charge in [0.15, 0.2) is 0 Å². The third-order valence-corrected chi connectivity index (χ3v) is 9.73. The molecular formula is C42H45BN2. The van der Waals surface area contributed by atoms with Crippen molar-refractivity contribution in [2.24, 2.45) is 0 Å². The first-order valence-electron chi connectivity index (χ1n) is 16.4. The van der Waals surface area contributed by atoms with Crippen LogP contribution in [0.25, 0.3) is 0 Å². The van der Waals surface area contributed by atoms with Crippen LogP contribution in [0.5, 0.6) is 0 Å². The lowest BCUT2D eigenvalue weighted by Gasteiger charge is -2.44. The van der Waals surface area contributed by atoms with Crippen molar-refractivity contribution in [2.45, 2.75) is 78.6 Å². The molecule has 0 unspecified atom stereocenters. The van der Waals surface area contributed by atoms with Crippen LogP contribution in [0.1, 0.15) is 79.0 Å². The first kappa shape index (κ1) is 29.5. The average Bonchev–Trinajstić information content (AvgIpc) is 2.99. The van der Waals surface area contributed by atoms with Crippen LogP contribution in [0.15, 0.2) is 109 Å². The van der Waals surface area contributed by atoms with Crippen LogP contribution in [0, 0.1) is 0 Å². The Balaban J connectivity index is 1.56. The summed E-state index contributed by atoms with van der Waals surface area (Å²) in [6.45, 7) is 20.9. The second kappa shape index (κ2) is 10.1. The van der Waals surface area contributed by atoms with Crippen LogP contribution < -0.4 is 26.2 Å². The highest BCUT2D eigenvalue weighted by Gasteiger charge is 2.43. The summed E-state index contributed by atoms with van der Waals surface area (Å²) in [5, 5.41) is 0. The van der Waals surface area contributed by atoms with E-state index in [1.807, 2.05) is 0 Å². The van der Waals surface area contributed by atoms with E-state index in [-0.39, 0.29) is 23.0 Å². The van der Waals surface area contributed by atoms with Gasteiger partial charge in [-0.15, -0.1) is 0 Å². The molecule has 7 rings (SSSR count). The lowest BCUT2D eigenvalue weighted by Crippen LogP contribution is -2.61. The molecule has 2 nitrogen and oxygen atoms in total. The Morgan fingerprint density at radius 1 is 0.400 bits per heavy atom. The van der Waals surface area contributed by atoms with Gasteiger partial charge in [0, 0.05) is 34.1 Å². The molecule has 5 aromatic carbocycles. The Morgan fingerprint density at radius 2 is 0.822 bits per heavy atom. The van der Waals surface area contributed by atoms with Gasteiger partial charge in [-0.05, 0) is 97.9 Å². The van der Waals surface area contributed by atoms with Gasteiger partial charge in [0.05, 0.1) is 0 Å². The standard InChI is InChI=1S/C42H45BN2/c1-40(2,3)28-18-22-32(23-19-28)45-36-25-21-30(42(7,8)9)27-34(36)43-33-26-29(41(4,5)6)20-24-35(33)44(31-14-11-10-12-15-31)37-16-13-17-38(45)39(37)43/h10-27H,1-9H3. The SMILES string of the molecule is CC(C)(C)c1ccc(N2c3ccc(C(C)(C)C)cc3B3c4cc(C(C)(C)C)ccc4N(c4ccccc4)c4cccc2c43)cc1. The molecule has 0 aliphatic carbocycles. The van der Waals surface area contributed by atoms with Gasteiger partial charge in [-0.3, -0.25) is 0 Å². The number of nitrogens with zero attached hydrogens (tertiary/aromatic N) is 2. The van der Waals surface area contributed by atoms with E-state index in [9.17, 15) is 0 Å². The predicted molar refractivity (Wildman–Crippen MR) is 197 cm³/mol. The van der Waals surface area contributed by atoms with E-state index in [0.29, 0.717) is 0 Å². The van der Waals surface area contributed by atoms with Crippen molar-refractivity contribution in [3.63, 3.8) is 0 Å². The molecule has 0 saturated heterocycles. The summed E-state index contributed by atoms with van der Waals surface area (Å²) in [6.07, 6.45) is 0. The zero-order valence-electron chi connectivity index (χ0n) is 28.4. The fraction of sp³-hybridized carbons (Fsp3) is 0.286. The van der Waals surface area contributed by atoms with Crippen LogP contribution in [-0.2, 0) is 16.2 Å². The van der Waals surface area contributed by atoms with Crippen LogP contribution >= 0.6 is 0 Å². The van der Waals surface area contributed by atoms with Crippen molar-refractivity contribution in [3.8, 4) is 0 Å². The molecule has 0 N–H and O–H groups in total. The van der Waals surface area contributed by atoms with E-state index in [0.717, 1.165) is 0 Å². The van der Waals surface area contributed by atoms with Gasteiger partial charge in [-0.1, -0.05) is 123 Å². The third-order valence-electron chi connectivity index (χ3n) is 9.73. The van der Waals surface area contributed by atoms with Gasteiger partial charge in [-0.25, -0.2) is 0 Å². The summed E-state index contributed by atoms with van der Waals surface area (Å²) in [4.78, 5) is 4.99. The molecule has 0 amide bonds. The van der Waals surface area contributed by atoms with Crippen molar-refractivity contribution < 1.29 is 0 Å². The molecule has 0 spiro atoms. The Bertz CT molecular complexity index is 1900. The van der Waals surface area contributed by atoms with Gasteiger partial charge in [0.1, 0.15) is 0 Å². The molecule has 0 saturated carbocycles. The molecule has 2 heterocycles. The lowest BCUT2D eigenvalue weighted by atomic mass is 9.33. The van der Waals surface area contributed by atoms with Gasteiger partial charge in [0.2, 0.25) is 0 Å². The summed E-state index contributed by atoms with van der Waals surface area (Å²) < 4.78 is 0. The highest BCUT2D eigenvalue weighted by atomic mass is 15.2. The average molecular weight is 589 g/mol. The van der Waals surface area contributed by atoms with Crippen molar-refractivity contribution in [1.82, 2.24) is 0 Å². The molecule has 0 atom stereocenters. The molecule has 226 valence electrons. The van der Waals surface area contributed by atoms with E-state index >= 15 is 0 Å². The number of para-hydroxylation sites is 1. The molecular weight excluding hydrogens is 543 g/mol. The zero-order chi connectivity index (χ0) is 31.9. The topological polar surface area (TPSA) is 6.48 Å². The van der Waals surface area contributed by atoms with Gasteiger partial charge in [-0.2, -0.15) is 0 Å². The van der Waals surface area contributed by atoms with Crippen LogP contribution in [0.2, 0.25) is 0 Å². The maximum Gasteiger partial charge on any atom is 0.252 e. The lowest BCUT2D eigenvalue weighted by molar-refractivity contribution is 0.590. The van der Waals surface area contributed by atoms with Crippen molar-refractivity contribution >= 4 is 57.2 Å². The summed E-state index contributed by atoms with van der Waals surface area (Å²) in [7, 11) is 0. The number of hydrogen-bond donors (Lipinski definition) is 0. The molecule has 2 aliphatic rings. The van der Waals surface area contributed by atoms with Gasteiger partial charge in [0.25, 0.3) is 6.71 Å². The van der Waals surface area contributed by atoms with Crippen LogP contribution in [0.4, 0.5) is 34.1 Å². The fourth-order valence-corrected chi connectivity index (χ4v) is 7.12. The highest BCUT2D eigenvalue weighted by molar-refractivity contribution is 7.00. The Labute approximate surface area is 270 Å². The molecule has 0 bridgehead atoms. The van der Waals surface area contributed by atoms with E-state index in [4.69, 9.17) is 0 Å². The minimum atomic E-state index is 0.0365. The smallest absolute Gasteiger partial charge is 0.252 e. The van der Waals surface area contributed by atoms with E-state index in [2.05, 4.69) is 181 Å². The van der Waals surface area contributed by atoms with E-state index in [1.165, 1.54) is 67.2 Å². The monoisotopic (exact) mass is 588 g/mol. The number of anilines is 6. The first-order chi connectivity index (χ1) is 21.2. The summed E-state index contributed by atoms with van der Waals surface area (Å²) >= 11 is 0. The summed E-state index contributed by atoms with van der Waals surface area (Å²) in [5.41, 5.74) is 15.8. The number of rotatable bonds is 2. The minimum Gasteiger partial charge on any atom is -0.311 e. The Kier molecular flexibility index (Phi) is 6.64. The third kappa shape index (κ3) is 4.88. The number of benzene rings is 5. The maximum atomic E-state index is 2.51. The highest BCUT2D eigenvalue weighted by Crippen LogP contribution is 2.45. The number of hydrogen-bond acceptors (Lipinski definition) is 2. The molecule has 0 fully saturated rings. The van der Waals surface area contributed by atoms with E-state index in [1.54, 1.807) is 0 Å². The van der Waals surface area contributed by atoms with Crippen LogP contribution in [-0.4, -0.2) is 6.71 Å². The van der Waals surface area contributed by atoms with Crippen molar-refractivity contribution in [2.75, 3.05) is 9.80 Å². The molecule has 0 aromatic heterocycles. The number of fused-ring (bicyclic) bond motifs is 4. The van der Waals surface area contributed by atoms with E-state index < -0.39 is 0 Å². The molecule has 5 aromatic rings. The normalized spacial score (nSPS) is 14.2. The fourth-order valence-electron chi connectivity index (χ4n) is 7.12. The second-order valence-corrected chi connectivity index (χ2v) is 16.0. The quantitative estimate of drug-likeness (QED) is 0.186. The minimum absolute atomic E-state index is 0.0365. The van der Waals surface area contributed by atoms with Crippen LogP contribution in [0.3, 0.4) is 0 Å². The van der Waals surface area contributed by atoms with Gasteiger partial charge >= 0.3 is 0 Å². The zero-order valence-corrected chi connectivity index (χ0v) is 28.4. The molecule has 3 heteroatoms. The molecule has 2 aliphatic heterocycles. The second-order valence-electron chi connectivity index (χ2n) is 16.0. The summed E-state index contributed by atoms with van der Waals surface area (Å²) in [5.74, 6) is 0. The van der Waals surface area contributed by atoms with Crippen molar-refractivity contribution in [1.29, 1.82) is 0 Å². The molecule has 0 radical (unpaired) electrons. The largest absolute Gasteiger partial charge is 0.311 e. The van der Waals surface area contributed by atoms with Crippen molar-refractivity contribution in [3.05, 3.63) is 126 Å². The van der Waals surface area contributed by atoms with Gasteiger partial charge < -0.3 is 9.80 Å². The Hall–Kier alpha value is -4.24. The first-order valence-corrected chi connectivity index (χ1v) is 16.4.